The predicted molar refractivity (Wildman–Crippen MR) is 81.2 cm³/mol. The normalized spacial score (nSPS) is 18.2. The minimum atomic E-state index is 0.0496. The summed E-state index contributed by atoms with van der Waals surface area (Å²) in [5, 5.41) is 0. The fraction of sp³-hybridized carbons (Fsp3) is 0.588. The second-order valence-electron chi connectivity index (χ2n) is 6.94. The monoisotopic (exact) mass is 288 g/mol. The Labute approximate surface area is 126 Å². The Balaban J connectivity index is 1.55. The molecule has 2 aromatic heterocycles. The smallest absolute Gasteiger partial charge is 0.208 e. The van der Waals surface area contributed by atoms with Crippen LogP contribution in [0.15, 0.2) is 33.5 Å². The number of hydrogen-bond donors (Lipinski definition) is 0. The maximum absolute atomic E-state index is 5.62. The van der Waals surface area contributed by atoms with E-state index in [-0.39, 0.29) is 5.41 Å². The van der Waals surface area contributed by atoms with Gasteiger partial charge in [0.15, 0.2) is 0 Å². The summed E-state index contributed by atoms with van der Waals surface area (Å²) in [5.74, 6) is 2.52. The van der Waals surface area contributed by atoms with Gasteiger partial charge in [-0.05, 0) is 38.1 Å². The van der Waals surface area contributed by atoms with E-state index in [9.17, 15) is 0 Å². The van der Waals surface area contributed by atoms with Gasteiger partial charge in [-0.25, -0.2) is 4.98 Å². The van der Waals surface area contributed by atoms with E-state index < -0.39 is 0 Å². The Morgan fingerprint density at radius 2 is 2.00 bits per heavy atom. The van der Waals surface area contributed by atoms with Gasteiger partial charge >= 0.3 is 0 Å². The molecule has 4 heteroatoms. The van der Waals surface area contributed by atoms with Gasteiger partial charge in [0, 0.05) is 11.3 Å². The molecule has 3 rings (SSSR count). The second-order valence-corrected chi connectivity index (χ2v) is 6.94. The number of hydrogen-bond acceptors (Lipinski definition) is 4. The van der Waals surface area contributed by atoms with Crippen LogP contribution < -0.4 is 0 Å². The molecule has 3 heterocycles. The lowest BCUT2D eigenvalue weighted by atomic mass is 9.93. The van der Waals surface area contributed by atoms with Gasteiger partial charge in [-0.1, -0.05) is 20.8 Å². The van der Waals surface area contributed by atoms with Crippen molar-refractivity contribution in [1.82, 2.24) is 9.88 Å². The van der Waals surface area contributed by atoms with Crippen LogP contribution in [0.3, 0.4) is 0 Å². The van der Waals surface area contributed by atoms with Gasteiger partial charge < -0.3 is 8.83 Å². The lowest BCUT2D eigenvalue weighted by Gasteiger charge is -2.29. The average molecular weight is 288 g/mol. The standard InChI is InChI=1S/C17H24N2O2/c1-17(2,3)15-12-21-16(18-15)11-19-8-6-13(7-9-19)14-5-4-10-20-14/h4-5,10,12-13H,6-9,11H2,1-3H3. The Kier molecular flexibility index (Phi) is 3.89. The minimum absolute atomic E-state index is 0.0496. The highest BCUT2D eigenvalue weighted by atomic mass is 16.3. The van der Waals surface area contributed by atoms with E-state index in [1.165, 1.54) is 0 Å². The molecule has 2 aromatic rings. The van der Waals surface area contributed by atoms with Gasteiger partial charge in [-0.2, -0.15) is 0 Å². The summed E-state index contributed by atoms with van der Waals surface area (Å²) in [6.07, 6.45) is 5.84. The van der Waals surface area contributed by atoms with Gasteiger partial charge in [0.2, 0.25) is 5.89 Å². The molecule has 0 N–H and O–H groups in total. The molecule has 0 bridgehead atoms. The lowest BCUT2D eigenvalue weighted by molar-refractivity contribution is 0.180. The summed E-state index contributed by atoms with van der Waals surface area (Å²) in [6, 6.07) is 4.06. The first-order chi connectivity index (χ1) is 10.0. The zero-order chi connectivity index (χ0) is 14.9. The van der Waals surface area contributed by atoms with Crippen LogP contribution in [0.2, 0.25) is 0 Å². The van der Waals surface area contributed by atoms with Gasteiger partial charge in [-0.3, -0.25) is 4.90 Å². The molecule has 1 aliphatic heterocycles. The molecule has 0 saturated carbocycles. The van der Waals surface area contributed by atoms with Crippen molar-refractivity contribution in [3.05, 3.63) is 42.0 Å². The topological polar surface area (TPSA) is 42.4 Å². The third-order valence-electron chi connectivity index (χ3n) is 4.21. The van der Waals surface area contributed by atoms with Crippen molar-refractivity contribution in [3.63, 3.8) is 0 Å². The Bertz CT molecular complexity index is 558. The quantitative estimate of drug-likeness (QED) is 0.857. The second kappa shape index (κ2) is 5.68. The zero-order valence-corrected chi connectivity index (χ0v) is 13.1. The van der Waals surface area contributed by atoms with Gasteiger partial charge in [-0.15, -0.1) is 0 Å². The van der Waals surface area contributed by atoms with Gasteiger partial charge in [0.25, 0.3) is 0 Å². The number of likely N-dealkylation sites (tertiary alicyclic amines) is 1. The number of rotatable bonds is 3. The van der Waals surface area contributed by atoms with Crippen LogP contribution in [0.4, 0.5) is 0 Å². The van der Waals surface area contributed by atoms with E-state index >= 15 is 0 Å². The SMILES string of the molecule is CC(C)(C)c1coc(CN2CCC(c3ccco3)CC2)n1. The molecule has 1 saturated heterocycles. The van der Waals surface area contributed by atoms with E-state index in [0.717, 1.165) is 49.8 Å². The number of furan rings is 1. The number of piperidine rings is 1. The van der Waals surface area contributed by atoms with E-state index in [1.807, 2.05) is 6.07 Å². The molecule has 0 atom stereocenters. The maximum Gasteiger partial charge on any atom is 0.208 e. The van der Waals surface area contributed by atoms with Crippen LogP contribution in [0, 0.1) is 0 Å². The molecule has 1 aliphatic rings. The molecule has 4 nitrogen and oxygen atoms in total. The zero-order valence-electron chi connectivity index (χ0n) is 13.1. The number of nitrogens with zero attached hydrogens (tertiary/aromatic N) is 2. The summed E-state index contributed by atoms with van der Waals surface area (Å²) < 4.78 is 11.1. The molecular weight excluding hydrogens is 264 g/mol. The molecule has 114 valence electrons. The molecular formula is C17H24N2O2. The van der Waals surface area contributed by atoms with E-state index in [4.69, 9.17) is 8.83 Å². The molecule has 0 amide bonds. The van der Waals surface area contributed by atoms with Crippen molar-refractivity contribution in [1.29, 1.82) is 0 Å². The molecule has 0 radical (unpaired) electrons. The highest BCUT2D eigenvalue weighted by molar-refractivity contribution is 5.09. The highest BCUT2D eigenvalue weighted by Gasteiger charge is 2.24. The van der Waals surface area contributed by atoms with Crippen LogP contribution in [0.25, 0.3) is 0 Å². The Hall–Kier alpha value is -1.55. The largest absolute Gasteiger partial charge is 0.469 e. The predicted octanol–water partition coefficient (Wildman–Crippen LogP) is 3.94. The minimum Gasteiger partial charge on any atom is -0.469 e. The van der Waals surface area contributed by atoms with Gasteiger partial charge in [0.1, 0.15) is 12.0 Å². The first kappa shape index (κ1) is 14.4. The van der Waals surface area contributed by atoms with E-state index in [1.54, 1.807) is 12.5 Å². The molecule has 0 aromatic carbocycles. The van der Waals surface area contributed by atoms with Crippen molar-refractivity contribution < 1.29 is 8.83 Å². The van der Waals surface area contributed by atoms with Gasteiger partial charge in [0.05, 0.1) is 18.5 Å². The fourth-order valence-corrected chi connectivity index (χ4v) is 2.82. The first-order valence-electron chi connectivity index (χ1n) is 7.73. The van der Waals surface area contributed by atoms with Crippen molar-refractivity contribution in [2.75, 3.05) is 13.1 Å². The third kappa shape index (κ3) is 3.38. The van der Waals surface area contributed by atoms with Crippen molar-refractivity contribution in [3.8, 4) is 0 Å². The maximum atomic E-state index is 5.62. The van der Waals surface area contributed by atoms with Crippen molar-refractivity contribution in [2.45, 2.75) is 51.5 Å². The Morgan fingerprint density at radius 3 is 2.57 bits per heavy atom. The van der Waals surface area contributed by atoms with Crippen LogP contribution in [0.5, 0.6) is 0 Å². The fourth-order valence-electron chi connectivity index (χ4n) is 2.82. The lowest BCUT2D eigenvalue weighted by Crippen LogP contribution is -2.32. The van der Waals surface area contributed by atoms with Crippen LogP contribution in [0.1, 0.15) is 56.9 Å². The number of aromatic nitrogens is 1. The van der Waals surface area contributed by atoms with E-state index in [2.05, 4.69) is 36.7 Å². The molecule has 0 unspecified atom stereocenters. The molecule has 0 spiro atoms. The summed E-state index contributed by atoms with van der Waals surface area (Å²) >= 11 is 0. The third-order valence-corrected chi connectivity index (χ3v) is 4.21. The van der Waals surface area contributed by atoms with Crippen LogP contribution in [-0.4, -0.2) is 23.0 Å². The Morgan fingerprint density at radius 1 is 1.24 bits per heavy atom. The van der Waals surface area contributed by atoms with Crippen molar-refractivity contribution >= 4 is 0 Å². The first-order valence-corrected chi connectivity index (χ1v) is 7.73. The van der Waals surface area contributed by atoms with E-state index in [0.29, 0.717) is 5.92 Å². The molecule has 1 fully saturated rings. The molecule has 0 aliphatic carbocycles. The number of oxazole rings is 1. The highest BCUT2D eigenvalue weighted by Crippen LogP contribution is 2.29. The van der Waals surface area contributed by atoms with Crippen LogP contribution >= 0.6 is 0 Å². The summed E-state index contributed by atoms with van der Waals surface area (Å²) in [7, 11) is 0. The summed E-state index contributed by atoms with van der Waals surface area (Å²) in [4.78, 5) is 7.03. The summed E-state index contributed by atoms with van der Waals surface area (Å²) in [5.41, 5.74) is 1.08. The van der Waals surface area contributed by atoms with Crippen molar-refractivity contribution in [2.24, 2.45) is 0 Å². The average Bonchev–Trinajstić information content (AvgIpc) is 3.09. The summed E-state index contributed by atoms with van der Waals surface area (Å²) in [6.45, 7) is 9.41. The molecule has 21 heavy (non-hydrogen) atoms. The van der Waals surface area contributed by atoms with Crippen LogP contribution in [-0.2, 0) is 12.0 Å².